The highest BCUT2D eigenvalue weighted by Crippen LogP contribution is 2.24. The lowest BCUT2D eigenvalue weighted by atomic mass is 9.94. The Hall–Kier alpha value is -1.02. The molecule has 1 aromatic carbocycles. The van der Waals surface area contributed by atoms with Crippen molar-refractivity contribution in [3.05, 3.63) is 35.6 Å². The van der Waals surface area contributed by atoms with Crippen LogP contribution in [0.5, 0.6) is 0 Å². The van der Waals surface area contributed by atoms with Crippen LogP contribution in [0.2, 0.25) is 0 Å². The average molecular weight is 344 g/mol. The number of nitrogens with zero attached hydrogens (tertiary/aromatic N) is 1. The van der Waals surface area contributed by atoms with Crippen molar-refractivity contribution >= 4 is 10.2 Å². The lowest BCUT2D eigenvalue weighted by molar-refractivity contribution is 0.143. The van der Waals surface area contributed by atoms with Crippen LogP contribution in [0.25, 0.3) is 0 Å². The number of nitrogens with one attached hydrogen (secondary N) is 1. The van der Waals surface area contributed by atoms with Gasteiger partial charge >= 0.3 is 0 Å². The summed E-state index contributed by atoms with van der Waals surface area (Å²) >= 11 is 0. The summed E-state index contributed by atoms with van der Waals surface area (Å²) in [4.78, 5) is 0. The predicted molar refractivity (Wildman–Crippen MR) is 87.4 cm³/mol. The van der Waals surface area contributed by atoms with Gasteiger partial charge in [-0.05, 0) is 42.9 Å². The molecule has 1 aliphatic heterocycles. The summed E-state index contributed by atoms with van der Waals surface area (Å²) < 4.78 is 42.0. The van der Waals surface area contributed by atoms with Crippen molar-refractivity contribution in [2.75, 3.05) is 13.1 Å². The number of hydrogen-bond acceptors (Lipinski definition) is 3. The topological polar surface area (TPSA) is 69.6 Å². The molecule has 2 rings (SSSR count). The Kier molecular flexibility index (Phi) is 5.78. The van der Waals surface area contributed by atoms with Gasteiger partial charge in [-0.25, -0.2) is 4.39 Å². The molecule has 0 amide bonds. The Morgan fingerprint density at radius 2 is 1.74 bits per heavy atom. The molecule has 7 heteroatoms. The Morgan fingerprint density at radius 3 is 2.26 bits per heavy atom. The normalized spacial score (nSPS) is 26.0. The van der Waals surface area contributed by atoms with Crippen molar-refractivity contribution in [1.29, 1.82) is 0 Å². The van der Waals surface area contributed by atoms with Gasteiger partial charge in [0, 0.05) is 13.1 Å². The second kappa shape index (κ2) is 7.25. The van der Waals surface area contributed by atoms with Crippen LogP contribution in [0, 0.1) is 17.7 Å². The first-order chi connectivity index (χ1) is 10.7. The third-order valence-corrected chi connectivity index (χ3v) is 5.84. The van der Waals surface area contributed by atoms with Gasteiger partial charge in [0.15, 0.2) is 0 Å². The van der Waals surface area contributed by atoms with Gasteiger partial charge in [0.2, 0.25) is 0 Å². The Bertz CT molecular complexity index is 611. The highest BCUT2D eigenvalue weighted by atomic mass is 32.2. The minimum Gasteiger partial charge on any atom is -0.387 e. The number of rotatable bonds is 5. The van der Waals surface area contributed by atoms with Gasteiger partial charge in [-0.2, -0.15) is 17.4 Å². The molecule has 1 heterocycles. The molecule has 0 aliphatic carbocycles. The molecule has 4 unspecified atom stereocenters. The van der Waals surface area contributed by atoms with E-state index in [2.05, 4.69) is 4.72 Å². The van der Waals surface area contributed by atoms with Gasteiger partial charge < -0.3 is 5.11 Å². The van der Waals surface area contributed by atoms with Gasteiger partial charge in [0.05, 0.1) is 12.1 Å². The lowest BCUT2D eigenvalue weighted by Gasteiger charge is -2.35. The van der Waals surface area contributed by atoms with Crippen LogP contribution >= 0.6 is 0 Å². The number of piperidine rings is 1. The fraction of sp³-hybridized carbons (Fsp3) is 0.625. The maximum Gasteiger partial charge on any atom is 0.279 e. The minimum absolute atomic E-state index is 0.313. The lowest BCUT2D eigenvalue weighted by Crippen LogP contribution is -2.51. The number of hydrogen-bond donors (Lipinski definition) is 2. The summed E-state index contributed by atoms with van der Waals surface area (Å²) in [5.74, 6) is 0.228. The van der Waals surface area contributed by atoms with Crippen molar-refractivity contribution in [1.82, 2.24) is 9.03 Å². The van der Waals surface area contributed by atoms with E-state index >= 15 is 0 Å². The molecule has 0 aromatic heterocycles. The second-order valence-electron chi connectivity index (χ2n) is 6.67. The molecule has 1 fully saturated rings. The molecule has 0 bridgehead atoms. The molecule has 23 heavy (non-hydrogen) atoms. The van der Waals surface area contributed by atoms with Crippen LogP contribution in [0.3, 0.4) is 0 Å². The van der Waals surface area contributed by atoms with Crippen LogP contribution in [-0.2, 0) is 10.2 Å². The smallest absolute Gasteiger partial charge is 0.279 e. The Balaban J connectivity index is 2.05. The van der Waals surface area contributed by atoms with Crippen LogP contribution in [0.4, 0.5) is 4.39 Å². The quantitative estimate of drug-likeness (QED) is 0.859. The van der Waals surface area contributed by atoms with Gasteiger partial charge in [-0.3, -0.25) is 0 Å². The summed E-state index contributed by atoms with van der Waals surface area (Å²) in [5.41, 5.74) is 0.474. The molecule has 0 spiro atoms. The molecule has 130 valence electrons. The first kappa shape index (κ1) is 18.3. The zero-order valence-corrected chi connectivity index (χ0v) is 14.6. The van der Waals surface area contributed by atoms with E-state index in [9.17, 15) is 17.9 Å². The molecule has 5 nitrogen and oxygen atoms in total. The van der Waals surface area contributed by atoms with Crippen LogP contribution in [0.15, 0.2) is 24.3 Å². The van der Waals surface area contributed by atoms with E-state index in [-0.39, 0.29) is 0 Å². The third kappa shape index (κ3) is 4.73. The Morgan fingerprint density at radius 1 is 1.22 bits per heavy atom. The molecule has 1 aliphatic rings. The van der Waals surface area contributed by atoms with E-state index in [0.29, 0.717) is 30.5 Å². The monoisotopic (exact) mass is 344 g/mol. The number of benzene rings is 1. The van der Waals surface area contributed by atoms with Gasteiger partial charge in [0.25, 0.3) is 10.2 Å². The highest BCUT2D eigenvalue weighted by molar-refractivity contribution is 7.87. The van der Waals surface area contributed by atoms with Gasteiger partial charge in [-0.1, -0.05) is 26.0 Å². The van der Waals surface area contributed by atoms with Crippen molar-refractivity contribution < 1.29 is 17.9 Å². The molecule has 1 aromatic rings. The molecule has 1 saturated heterocycles. The zero-order chi connectivity index (χ0) is 17.2. The fourth-order valence-corrected chi connectivity index (χ4v) is 4.77. The summed E-state index contributed by atoms with van der Waals surface area (Å²) in [5, 5.41) is 10.3. The average Bonchev–Trinajstić information content (AvgIpc) is 2.46. The first-order valence-electron chi connectivity index (χ1n) is 7.90. The van der Waals surface area contributed by atoms with Crippen molar-refractivity contribution in [2.24, 2.45) is 11.8 Å². The summed E-state index contributed by atoms with van der Waals surface area (Å²) in [6.07, 6.45) is -0.0234. The summed E-state index contributed by atoms with van der Waals surface area (Å²) in [6.45, 7) is 6.64. The third-order valence-electron chi connectivity index (χ3n) is 4.20. The number of aliphatic hydroxyl groups excluding tert-OH is 1. The van der Waals surface area contributed by atoms with Crippen LogP contribution < -0.4 is 4.72 Å². The van der Waals surface area contributed by atoms with Crippen LogP contribution in [-0.4, -0.2) is 37.0 Å². The fourth-order valence-electron chi connectivity index (χ4n) is 3.12. The van der Waals surface area contributed by atoms with E-state index in [1.165, 1.54) is 28.6 Å². The predicted octanol–water partition coefficient (Wildman–Crippen LogP) is 2.06. The molecule has 4 atom stereocenters. The van der Waals surface area contributed by atoms with E-state index in [1.54, 1.807) is 6.92 Å². The number of aliphatic hydroxyl groups is 1. The summed E-state index contributed by atoms with van der Waals surface area (Å²) in [6, 6.07) is 4.69. The highest BCUT2D eigenvalue weighted by Gasteiger charge is 2.32. The van der Waals surface area contributed by atoms with Gasteiger partial charge in [0.1, 0.15) is 5.82 Å². The van der Waals surface area contributed by atoms with Crippen molar-refractivity contribution in [2.45, 2.75) is 39.3 Å². The minimum atomic E-state index is -3.66. The molecule has 0 saturated carbocycles. The second-order valence-corrected chi connectivity index (χ2v) is 8.37. The first-order valence-corrected chi connectivity index (χ1v) is 9.34. The number of halogens is 1. The largest absolute Gasteiger partial charge is 0.387 e. The molecular weight excluding hydrogens is 319 g/mol. The van der Waals surface area contributed by atoms with E-state index in [0.717, 1.165) is 6.42 Å². The van der Waals surface area contributed by atoms with E-state index in [1.807, 2.05) is 13.8 Å². The molecular formula is C16H25FN2O3S. The molecule has 0 radical (unpaired) electrons. The van der Waals surface area contributed by atoms with Gasteiger partial charge in [-0.15, -0.1) is 0 Å². The summed E-state index contributed by atoms with van der Waals surface area (Å²) in [7, 11) is -3.66. The SMILES string of the molecule is CC1CC(C)CN(S(=O)(=O)NC(C)C(O)c2ccc(F)cc2)C1. The Labute approximate surface area is 137 Å². The van der Waals surface area contributed by atoms with Crippen molar-refractivity contribution in [3.8, 4) is 0 Å². The standard InChI is InChI=1S/C16H25FN2O3S/c1-11-8-12(2)10-19(9-11)23(21,22)18-13(3)16(20)14-4-6-15(17)7-5-14/h4-7,11-13,16,18,20H,8-10H2,1-3H3. The maximum atomic E-state index is 12.9. The maximum absolute atomic E-state index is 12.9. The van der Waals surface area contributed by atoms with Crippen molar-refractivity contribution in [3.63, 3.8) is 0 Å². The van der Waals surface area contributed by atoms with E-state index < -0.39 is 28.2 Å². The molecule has 2 N–H and O–H groups in total. The zero-order valence-electron chi connectivity index (χ0n) is 13.7. The van der Waals surface area contributed by atoms with Crippen LogP contribution in [0.1, 0.15) is 38.9 Å². The van der Waals surface area contributed by atoms with E-state index in [4.69, 9.17) is 0 Å².